The molecule has 0 atom stereocenters. The molecule has 0 bridgehead atoms. The van der Waals surface area contributed by atoms with E-state index in [0.717, 1.165) is 0 Å². The molecule has 0 aliphatic heterocycles. The molecule has 0 saturated carbocycles. The topological polar surface area (TPSA) is 77.2 Å². The highest BCUT2D eigenvalue weighted by Crippen LogP contribution is 2.29. The third kappa shape index (κ3) is 3.07. The van der Waals surface area contributed by atoms with E-state index in [0.29, 0.717) is 16.6 Å². The van der Waals surface area contributed by atoms with Crippen LogP contribution in [-0.2, 0) is 7.05 Å². The summed E-state index contributed by atoms with van der Waals surface area (Å²) in [6.07, 6.45) is 1.59. The number of benzene rings is 1. The van der Waals surface area contributed by atoms with E-state index in [4.69, 9.17) is 0 Å². The van der Waals surface area contributed by atoms with Crippen LogP contribution < -0.4 is 5.32 Å². The van der Waals surface area contributed by atoms with E-state index in [1.165, 1.54) is 10.6 Å². The minimum atomic E-state index is -1.22. The number of aryl methyl sites for hydroxylation is 1. The summed E-state index contributed by atoms with van der Waals surface area (Å²) in [7, 11) is 1.58. The molecule has 1 heterocycles. The van der Waals surface area contributed by atoms with Gasteiger partial charge in [-0.15, -0.1) is 0 Å². The van der Waals surface area contributed by atoms with Gasteiger partial charge in [-0.05, 0) is 22.0 Å². The van der Waals surface area contributed by atoms with Gasteiger partial charge in [0.15, 0.2) is 11.5 Å². The van der Waals surface area contributed by atoms with Crippen LogP contribution in [0.25, 0.3) is 0 Å². The Bertz CT molecular complexity index is 746. The fourth-order valence-corrected chi connectivity index (χ4v) is 2.28. The van der Waals surface area contributed by atoms with E-state index in [-0.39, 0.29) is 5.69 Å². The van der Waals surface area contributed by atoms with Crippen LogP contribution in [-0.4, -0.2) is 15.4 Å². The van der Waals surface area contributed by atoms with Crippen molar-refractivity contribution in [1.29, 1.82) is 0 Å². The molecule has 0 aliphatic carbocycles. The number of amides is 1. The van der Waals surface area contributed by atoms with Crippen LogP contribution in [0.1, 0.15) is 10.5 Å². The fourth-order valence-electron chi connectivity index (χ4n) is 1.76. The van der Waals surface area contributed by atoms with Crippen molar-refractivity contribution in [1.82, 2.24) is 4.57 Å². The minimum absolute atomic E-state index is 0.153. The predicted octanol–water partition coefficient (Wildman–Crippen LogP) is 3.23. The van der Waals surface area contributed by atoms with Crippen LogP contribution >= 0.6 is 15.9 Å². The fraction of sp³-hybridized carbons (Fsp3) is 0.0833. The number of aromatic nitrogens is 1. The molecule has 1 N–H and O–H groups in total. The van der Waals surface area contributed by atoms with Crippen molar-refractivity contribution < 1.29 is 18.5 Å². The van der Waals surface area contributed by atoms with Gasteiger partial charge in [-0.2, -0.15) is 0 Å². The van der Waals surface area contributed by atoms with Gasteiger partial charge >= 0.3 is 0 Å². The van der Waals surface area contributed by atoms with Crippen molar-refractivity contribution in [3.63, 3.8) is 0 Å². The molecule has 2 rings (SSSR count). The number of carbonyl (C=O) groups excluding carboxylic acids is 1. The molecule has 0 spiro atoms. The lowest BCUT2D eigenvalue weighted by atomic mass is 10.2. The molecule has 1 amide bonds. The van der Waals surface area contributed by atoms with Crippen LogP contribution in [0, 0.1) is 21.7 Å². The lowest BCUT2D eigenvalue weighted by molar-refractivity contribution is -0.384. The average Bonchev–Trinajstić information content (AvgIpc) is 2.71. The highest BCUT2D eigenvalue weighted by atomic mass is 79.9. The van der Waals surface area contributed by atoms with Gasteiger partial charge in [0.25, 0.3) is 11.6 Å². The number of nitrogens with zero attached hydrogens (tertiary/aromatic N) is 2. The Morgan fingerprint density at radius 2 is 2.05 bits per heavy atom. The molecular weight excluding hydrogens is 352 g/mol. The number of halogens is 3. The Kier molecular flexibility index (Phi) is 4.03. The summed E-state index contributed by atoms with van der Waals surface area (Å²) in [4.78, 5) is 21.9. The third-order valence-corrected chi connectivity index (χ3v) is 3.11. The lowest BCUT2D eigenvalue weighted by Gasteiger charge is -2.08. The number of nitro benzene ring substituents is 1. The summed E-state index contributed by atoms with van der Waals surface area (Å²) < 4.78 is 28.8. The van der Waals surface area contributed by atoms with Gasteiger partial charge in [0.1, 0.15) is 11.5 Å². The van der Waals surface area contributed by atoms with E-state index in [1.807, 2.05) is 0 Å². The van der Waals surface area contributed by atoms with Gasteiger partial charge in [-0.25, -0.2) is 8.78 Å². The quantitative estimate of drug-likeness (QED) is 0.675. The first-order valence-electron chi connectivity index (χ1n) is 5.56. The minimum Gasteiger partial charge on any atom is -0.345 e. The van der Waals surface area contributed by atoms with Crippen LogP contribution in [0.5, 0.6) is 0 Å². The summed E-state index contributed by atoms with van der Waals surface area (Å²) in [5.74, 6) is -3.07. The molecule has 2 aromatic rings. The molecule has 0 aliphatic rings. The summed E-state index contributed by atoms with van der Waals surface area (Å²) in [5, 5.41) is 12.9. The van der Waals surface area contributed by atoms with E-state index >= 15 is 0 Å². The first-order chi connectivity index (χ1) is 9.79. The van der Waals surface area contributed by atoms with Gasteiger partial charge in [0.2, 0.25) is 0 Å². The van der Waals surface area contributed by atoms with Gasteiger partial charge in [-0.3, -0.25) is 14.9 Å². The van der Waals surface area contributed by atoms with Crippen molar-refractivity contribution in [2.75, 3.05) is 5.32 Å². The molecule has 0 unspecified atom stereocenters. The first-order valence-corrected chi connectivity index (χ1v) is 6.35. The van der Waals surface area contributed by atoms with Crippen molar-refractivity contribution in [2.24, 2.45) is 7.05 Å². The molecule has 0 fully saturated rings. The second-order valence-electron chi connectivity index (χ2n) is 4.15. The summed E-state index contributed by atoms with van der Waals surface area (Å²) in [6.45, 7) is 0. The van der Waals surface area contributed by atoms with Crippen molar-refractivity contribution in [3.8, 4) is 0 Å². The lowest BCUT2D eigenvalue weighted by Crippen LogP contribution is -2.17. The highest BCUT2D eigenvalue weighted by molar-refractivity contribution is 9.10. The largest absolute Gasteiger partial charge is 0.345 e. The molecule has 1 aromatic carbocycles. The van der Waals surface area contributed by atoms with Crippen LogP contribution in [0.15, 0.2) is 28.9 Å². The zero-order chi connectivity index (χ0) is 15.7. The van der Waals surface area contributed by atoms with E-state index in [2.05, 4.69) is 21.2 Å². The van der Waals surface area contributed by atoms with Crippen molar-refractivity contribution >= 4 is 33.2 Å². The molecular formula is C12H8BrF2N3O3. The second kappa shape index (κ2) is 5.60. The maximum Gasteiger partial charge on any atom is 0.298 e. The van der Waals surface area contributed by atoms with Gasteiger partial charge in [-0.1, -0.05) is 0 Å². The zero-order valence-corrected chi connectivity index (χ0v) is 12.1. The number of nitrogens with one attached hydrogen (secondary N) is 1. The van der Waals surface area contributed by atoms with Gasteiger partial charge in [0, 0.05) is 23.8 Å². The Labute approximate surface area is 125 Å². The van der Waals surface area contributed by atoms with Crippen LogP contribution in [0.3, 0.4) is 0 Å². The highest BCUT2D eigenvalue weighted by Gasteiger charge is 2.23. The number of rotatable bonds is 3. The number of carbonyl (C=O) groups is 1. The predicted molar refractivity (Wildman–Crippen MR) is 74.1 cm³/mol. The number of hydrogen-bond donors (Lipinski definition) is 1. The molecule has 0 radical (unpaired) electrons. The molecule has 110 valence electrons. The summed E-state index contributed by atoms with van der Waals surface area (Å²) >= 11 is 3.17. The Balaban J connectivity index is 2.42. The second-order valence-corrected chi connectivity index (χ2v) is 5.06. The van der Waals surface area contributed by atoms with Crippen molar-refractivity contribution in [3.05, 3.63) is 56.3 Å². The van der Waals surface area contributed by atoms with E-state index in [1.54, 1.807) is 13.2 Å². The third-order valence-electron chi connectivity index (χ3n) is 2.67. The average molecular weight is 360 g/mol. The van der Waals surface area contributed by atoms with Gasteiger partial charge < -0.3 is 9.88 Å². The molecule has 21 heavy (non-hydrogen) atoms. The smallest absolute Gasteiger partial charge is 0.298 e. The number of hydrogen-bond acceptors (Lipinski definition) is 3. The van der Waals surface area contributed by atoms with Crippen LogP contribution in [0.2, 0.25) is 0 Å². The first kappa shape index (κ1) is 15.1. The monoisotopic (exact) mass is 359 g/mol. The summed E-state index contributed by atoms with van der Waals surface area (Å²) in [5.41, 5.74) is -1.38. The number of nitro groups is 1. The van der Waals surface area contributed by atoms with E-state index < -0.39 is 33.8 Å². The Hall–Kier alpha value is -2.29. The Morgan fingerprint density at radius 3 is 2.57 bits per heavy atom. The SMILES string of the molecule is Cn1cc(Br)cc1C(=O)Nc1c(F)cc(F)cc1[N+](=O)[O-]. The number of anilines is 1. The molecule has 6 nitrogen and oxygen atoms in total. The van der Waals surface area contributed by atoms with Crippen molar-refractivity contribution in [2.45, 2.75) is 0 Å². The molecule has 9 heteroatoms. The maximum absolute atomic E-state index is 13.7. The zero-order valence-electron chi connectivity index (χ0n) is 10.6. The van der Waals surface area contributed by atoms with Gasteiger partial charge in [0.05, 0.1) is 11.0 Å². The maximum atomic E-state index is 13.7. The summed E-state index contributed by atoms with van der Waals surface area (Å²) in [6, 6.07) is 2.46. The molecule has 0 saturated heterocycles. The van der Waals surface area contributed by atoms with Crippen LogP contribution in [0.4, 0.5) is 20.2 Å². The van der Waals surface area contributed by atoms with E-state index in [9.17, 15) is 23.7 Å². The normalized spacial score (nSPS) is 10.5. The Morgan fingerprint density at radius 1 is 1.38 bits per heavy atom. The molecule has 1 aromatic heterocycles. The standard InChI is InChI=1S/C12H8BrF2N3O3/c1-17-5-6(13)2-10(17)12(19)16-11-8(15)3-7(14)4-9(11)18(20)21/h2-5H,1H3,(H,16,19).